The zero-order valence-electron chi connectivity index (χ0n) is 3.15. The lowest BCUT2D eigenvalue weighted by atomic mass is 11.0. The highest BCUT2D eigenvalue weighted by atomic mass is 15.0. The smallest absolute Gasteiger partial charge is 0.0427 e. The van der Waals surface area contributed by atoms with Crippen molar-refractivity contribution in [2.45, 2.75) is 0 Å². The molecule has 0 unspecified atom stereocenters. The number of hydrogen-bond donors (Lipinski definition) is 0. The van der Waals surface area contributed by atoms with Gasteiger partial charge in [0.05, 0.1) is 0 Å². The van der Waals surface area contributed by atoms with Gasteiger partial charge in [-0.25, -0.2) is 0 Å². The van der Waals surface area contributed by atoms with Crippen molar-refractivity contribution in [1.82, 2.24) is 4.90 Å². The van der Waals surface area contributed by atoms with E-state index in [1.54, 1.807) is 4.90 Å². The van der Waals surface area contributed by atoms with E-state index in [9.17, 15) is 0 Å². The second-order valence-electron chi connectivity index (χ2n) is 1.08. The van der Waals surface area contributed by atoms with Gasteiger partial charge in [0.2, 0.25) is 0 Å². The second kappa shape index (κ2) is 1.30. The van der Waals surface area contributed by atoms with E-state index in [1.807, 2.05) is 14.1 Å². The molecule has 0 heterocycles. The predicted octanol–water partition coefficient (Wildman–Crippen LogP) is 0.340. The summed E-state index contributed by atoms with van der Waals surface area (Å²) in [4.78, 5) is 1.75. The van der Waals surface area contributed by atoms with Gasteiger partial charge < -0.3 is 4.90 Å². The van der Waals surface area contributed by atoms with E-state index >= 15 is 0 Å². The van der Waals surface area contributed by atoms with Crippen molar-refractivity contribution in [2.24, 2.45) is 0 Å². The van der Waals surface area contributed by atoms with Crippen LogP contribution in [0.5, 0.6) is 0 Å². The summed E-state index contributed by atoms with van der Waals surface area (Å²) in [7, 11) is 7.25. The molecule has 4 heavy (non-hydrogen) atoms. The summed E-state index contributed by atoms with van der Waals surface area (Å²) >= 11 is 0. The molecule has 0 fully saturated rings. The molecule has 0 rings (SSSR count). The van der Waals surface area contributed by atoms with Crippen molar-refractivity contribution in [2.75, 3.05) is 14.1 Å². The van der Waals surface area contributed by atoms with Crippen molar-refractivity contribution >= 4 is 0 Å². The zero-order chi connectivity index (χ0) is 3.58. The molecule has 0 N–H and O–H groups in total. The molecule has 0 aromatic carbocycles. The summed E-state index contributed by atoms with van der Waals surface area (Å²) in [6, 6.07) is 0. The fraction of sp³-hybridized carbons (Fsp3) is 0.667. The van der Waals surface area contributed by atoms with Crippen LogP contribution in [0.4, 0.5) is 0 Å². The quantitative estimate of drug-likeness (QED) is 0.363. The lowest BCUT2D eigenvalue weighted by molar-refractivity contribution is 0.557. The molecular formula is C3H8N-. The summed E-state index contributed by atoms with van der Waals surface area (Å²) in [6.45, 7) is 0. The number of nitrogens with zero attached hydrogens (tertiary/aromatic N) is 1. The molecular weight excluding hydrogens is 50.0 g/mol. The van der Waals surface area contributed by atoms with Crippen molar-refractivity contribution in [1.29, 1.82) is 0 Å². The third-order valence-electron chi connectivity index (χ3n) is 0. The van der Waals surface area contributed by atoms with Gasteiger partial charge in [0.1, 0.15) is 0 Å². The Bertz CT molecular complexity index is 8.00. The van der Waals surface area contributed by atoms with Crippen molar-refractivity contribution in [3.8, 4) is 0 Å². The first kappa shape index (κ1) is 3.96. The van der Waals surface area contributed by atoms with Gasteiger partial charge in [0.25, 0.3) is 0 Å². The standard InChI is InChI=1S/C3H8N/c1-4(2)3/h1H2,2-3H3/q-1. The minimum atomic E-state index is 1.75. The molecule has 0 spiro atoms. The Hall–Kier alpha value is -0.0400. The molecule has 0 aliphatic heterocycles. The Morgan fingerprint density at radius 3 is 1.50 bits per heavy atom. The summed E-state index contributed by atoms with van der Waals surface area (Å²) in [6.07, 6.45) is 0. The van der Waals surface area contributed by atoms with Gasteiger partial charge >= 0.3 is 0 Å². The van der Waals surface area contributed by atoms with Crippen molar-refractivity contribution < 1.29 is 0 Å². The van der Waals surface area contributed by atoms with E-state index in [0.29, 0.717) is 0 Å². The maximum atomic E-state index is 3.47. The molecule has 0 saturated carbocycles. The summed E-state index contributed by atoms with van der Waals surface area (Å²) in [5.74, 6) is 0. The van der Waals surface area contributed by atoms with Crippen LogP contribution in [0.15, 0.2) is 0 Å². The van der Waals surface area contributed by atoms with Gasteiger partial charge in [0, 0.05) is 0 Å². The molecule has 0 saturated heterocycles. The Labute approximate surface area is 27.2 Å². The molecule has 0 atom stereocenters. The highest BCUT2D eigenvalue weighted by Gasteiger charge is 1.45. The molecule has 1 nitrogen and oxygen atoms in total. The second-order valence-corrected chi connectivity index (χ2v) is 1.08. The first-order valence-corrected chi connectivity index (χ1v) is 1.21. The topological polar surface area (TPSA) is 3.24 Å². The van der Waals surface area contributed by atoms with Crippen LogP contribution < -0.4 is 0 Å². The summed E-state index contributed by atoms with van der Waals surface area (Å²) in [5.41, 5.74) is 0. The fourth-order valence-electron chi connectivity index (χ4n) is 0. The molecule has 26 valence electrons. The molecule has 0 aliphatic rings. The fourth-order valence-corrected chi connectivity index (χ4v) is 0. The molecule has 0 aliphatic carbocycles. The average Bonchev–Trinajstić information content (AvgIpc) is 0.811. The third-order valence-corrected chi connectivity index (χ3v) is 0. The van der Waals surface area contributed by atoms with Gasteiger partial charge in [0.15, 0.2) is 0 Å². The monoisotopic (exact) mass is 58.1 g/mol. The normalized spacial score (nSPS) is 9.00. The molecule has 0 radical (unpaired) electrons. The zero-order valence-corrected chi connectivity index (χ0v) is 3.15. The van der Waals surface area contributed by atoms with Gasteiger partial charge in [-0.3, -0.25) is 7.05 Å². The first-order chi connectivity index (χ1) is 1.73. The van der Waals surface area contributed by atoms with E-state index in [0.717, 1.165) is 0 Å². The Morgan fingerprint density at radius 2 is 1.50 bits per heavy atom. The molecule has 0 amide bonds. The van der Waals surface area contributed by atoms with Crippen LogP contribution >= 0.6 is 0 Å². The van der Waals surface area contributed by atoms with E-state index < -0.39 is 0 Å². The van der Waals surface area contributed by atoms with E-state index in [2.05, 4.69) is 7.05 Å². The van der Waals surface area contributed by atoms with Gasteiger partial charge in [-0.05, 0) is 14.1 Å². The lowest BCUT2D eigenvalue weighted by Gasteiger charge is -2.04. The third kappa shape index (κ3) is 1130. The van der Waals surface area contributed by atoms with Crippen LogP contribution in [0, 0.1) is 7.05 Å². The predicted molar refractivity (Wildman–Crippen MR) is 19.0 cm³/mol. The van der Waals surface area contributed by atoms with Crippen LogP contribution in [0.2, 0.25) is 0 Å². The first-order valence-electron chi connectivity index (χ1n) is 1.21. The van der Waals surface area contributed by atoms with Crippen LogP contribution in [-0.2, 0) is 0 Å². The van der Waals surface area contributed by atoms with Crippen LogP contribution in [0.1, 0.15) is 0 Å². The minimum Gasteiger partial charge on any atom is -0.464 e. The maximum Gasteiger partial charge on any atom is -0.0427 e. The van der Waals surface area contributed by atoms with Crippen LogP contribution in [0.25, 0.3) is 0 Å². The molecule has 0 aromatic rings. The van der Waals surface area contributed by atoms with Gasteiger partial charge in [-0.15, -0.1) is 0 Å². The van der Waals surface area contributed by atoms with Crippen molar-refractivity contribution in [3.05, 3.63) is 7.05 Å². The Morgan fingerprint density at radius 1 is 1.50 bits per heavy atom. The SMILES string of the molecule is [CH2-]N(C)C. The number of rotatable bonds is 0. The Balaban J connectivity index is 2.32. The molecule has 0 bridgehead atoms. The van der Waals surface area contributed by atoms with E-state index in [4.69, 9.17) is 0 Å². The average molecular weight is 58.1 g/mol. The lowest BCUT2D eigenvalue weighted by Crippen LogP contribution is -1.95. The maximum absolute atomic E-state index is 3.47. The minimum absolute atomic E-state index is 1.75. The largest absolute Gasteiger partial charge is 0.464 e. The number of hydrogen-bond acceptors (Lipinski definition) is 1. The van der Waals surface area contributed by atoms with Crippen LogP contribution in [0.3, 0.4) is 0 Å². The highest BCUT2D eigenvalue weighted by Crippen LogP contribution is 1.53. The van der Waals surface area contributed by atoms with E-state index in [1.165, 1.54) is 0 Å². The molecule has 0 aromatic heterocycles. The van der Waals surface area contributed by atoms with Crippen molar-refractivity contribution in [3.63, 3.8) is 0 Å². The summed E-state index contributed by atoms with van der Waals surface area (Å²) < 4.78 is 0. The Kier molecular flexibility index (Phi) is 1.28. The van der Waals surface area contributed by atoms with E-state index in [-0.39, 0.29) is 0 Å². The van der Waals surface area contributed by atoms with Crippen LogP contribution in [-0.4, -0.2) is 19.0 Å². The highest BCUT2D eigenvalue weighted by molar-refractivity contribution is 4.22. The van der Waals surface area contributed by atoms with Gasteiger partial charge in [-0.2, -0.15) is 0 Å². The van der Waals surface area contributed by atoms with Gasteiger partial charge in [-0.1, -0.05) is 0 Å². The summed E-state index contributed by atoms with van der Waals surface area (Å²) in [5, 5.41) is 0. The molecule has 1 heteroatoms.